The number of hydrogen-bond donors (Lipinski definition) is 0. The Morgan fingerprint density at radius 3 is 2.54 bits per heavy atom. The van der Waals surface area contributed by atoms with Crippen molar-refractivity contribution in [1.29, 1.82) is 0 Å². The molecule has 0 amide bonds. The number of ether oxygens (including phenoxy) is 1. The van der Waals surface area contributed by atoms with E-state index in [2.05, 4.69) is 10.00 Å². The monoisotopic (exact) mass is 481 g/mol. The molecule has 8 heteroatoms. The maximum absolute atomic E-state index is 13.6. The van der Waals surface area contributed by atoms with Crippen LogP contribution in [-0.4, -0.2) is 53.3 Å². The molecule has 3 aromatic rings. The number of carbonyl (C=O) groups excluding carboxylic acids is 1. The van der Waals surface area contributed by atoms with Crippen LogP contribution in [0.2, 0.25) is 0 Å². The molecule has 0 bridgehead atoms. The number of ketones is 1. The van der Waals surface area contributed by atoms with Gasteiger partial charge in [-0.1, -0.05) is 24.3 Å². The van der Waals surface area contributed by atoms with Crippen LogP contribution in [0.5, 0.6) is 0 Å². The average molecular weight is 482 g/mol. The van der Waals surface area contributed by atoms with Gasteiger partial charge in [-0.05, 0) is 54.8 Å². The normalized spacial score (nSPS) is 14.2. The number of halogens is 2. The van der Waals surface area contributed by atoms with Crippen molar-refractivity contribution < 1.29 is 18.3 Å². The highest BCUT2D eigenvalue weighted by molar-refractivity contribution is 5.80. The number of unbranched alkanes of at least 4 members (excludes halogenated alkanes) is 1. The van der Waals surface area contributed by atoms with Gasteiger partial charge < -0.3 is 4.74 Å². The smallest absolute Gasteiger partial charge is 0.267 e. The molecule has 0 saturated carbocycles. The highest BCUT2D eigenvalue weighted by atomic mass is 19.2. The zero-order chi connectivity index (χ0) is 24.6. The van der Waals surface area contributed by atoms with Crippen LogP contribution in [-0.2, 0) is 22.5 Å². The molecule has 1 aromatic heterocycles. The minimum Gasteiger partial charge on any atom is -0.379 e. The third-order valence-corrected chi connectivity index (χ3v) is 6.09. The van der Waals surface area contributed by atoms with Gasteiger partial charge in [0.2, 0.25) is 0 Å². The molecule has 0 atom stereocenters. The van der Waals surface area contributed by atoms with Gasteiger partial charge >= 0.3 is 0 Å². The minimum atomic E-state index is -0.972. The van der Waals surface area contributed by atoms with Crippen LogP contribution in [0.1, 0.15) is 30.4 Å². The SMILES string of the molecule is O=C(CCCCN1CCOCC1)Cc1cccc(Cn2nc(-c3ccc(F)c(F)c3)ccc2=O)c1. The summed E-state index contributed by atoms with van der Waals surface area (Å²) in [7, 11) is 0. The van der Waals surface area contributed by atoms with E-state index in [9.17, 15) is 18.4 Å². The van der Waals surface area contributed by atoms with Crippen LogP contribution in [0, 0.1) is 11.6 Å². The number of morpholine rings is 1. The molecular formula is C27H29F2N3O3. The van der Waals surface area contributed by atoms with Crippen LogP contribution in [0.3, 0.4) is 0 Å². The summed E-state index contributed by atoms with van der Waals surface area (Å²) in [6.07, 6.45) is 2.76. The first-order valence-corrected chi connectivity index (χ1v) is 11.9. The van der Waals surface area contributed by atoms with Gasteiger partial charge in [0, 0.05) is 37.6 Å². The molecule has 6 nitrogen and oxygen atoms in total. The standard InChI is InChI=1S/C27H29F2N3O3/c28-24-8-7-22(18-25(24)29)26-9-10-27(34)32(30-26)19-21-5-3-4-20(16-21)17-23(33)6-1-2-11-31-12-14-35-15-13-31/h3-5,7-10,16,18H,1-2,6,11-15,17,19H2. The van der Waals surface area contributed by atoms with E-state index in [1.165, 1.54) is 22.9 Å². The van der Waals surface area contributed by atoms with Gasteiger partial charge in [-0.15, -0.1) is 0 Å². The van der Waals surface area contributed by atoms with Crippen molar-refractivity contribution >= 4 is 5.78 Å². The predicted octanol–water partition coefficient (Wildman–Crippen LogP) is 3.85. The van der Waals surface area contributed by atoms with E-state index in [1.54, 1.807) is 0 Å². The highest BCUT2D eigenvalue weighted by Gasteiger charge is 2.11. The number of carbonyl (C=O) groups is 1. The van der Waals surface area contributed by atoms with Gasteiger partial charge in [0.05, 0.1) is 25.5 Å². The molecule has 0 N–H and O–H groups in total. The van der Waals surface area contributed by atoms with E-state index in [4.69, 9.17) is 4.74 Å². The second-order valence-corrected chi connectivity index (χ2v) is 8.79. The van der Waals surface area contributed by atoms with E-state index < -0.39 is 11.6 Å². The van der Waals surface area contributed by atoms with Crippen molar-refractivity contribution in [3.05, 3.63) is 87.7 Å². The molecule has 1 aliphatic heterocycles. The zero-order valence-electron chi connectivity index (χ0n) is 19.6. The summed E-state index contributed by atoms with van der Waals surface area (Å²) in [5, 5.41) is 4.32. The van der Waals surface area contributed by atoms with E-state index >= 15 is 0 Å². The average Bonchev–Trinajstić information content (AvgIpc) is 2.86. The lowest BCUT2D eigenvalue weighted by Gasteiger charge is -2.26. The largest absolute Gasteiger partial charge is 0.379 e. The number of benzene rings is 2. The van der Waals surface area contributed by atoms with Crippen molar-refractivity contribution in [2.24, 2.45) is 0 Å². The molecule has 2 aromatic carbocycles. The van der Waals surface area contributed by atoms with E-state index in [1.807, 2.05) is 24.3 Å². The van der Waals surface area contributed by atoms with Crippen molar-refractivity contribution in [1.82, 2.24) is 14.7 Å². The molecule has 0 unspecified atom stereocenters. The van der Waals surface area contributed by atoms with Crippen LogP contribution in [0.25, 0.3) is 11.3 Å². The summed E-state index contributed by atoms with van der Waals surface area (Å²) >= 11 is 0. The number of hydrogen-bond acceptors (Lipinski definition) is 5. The second-order valence-electron chi connectivity index (χ2n) is 8.79. The van der Waals surface area contributed by atoms with Crippen LogP contribution in [0.4, 0.5) is 8.78 Å². The van der Waals surface area contributed by atoms with E-state index in [0.29, 0.717) is 24.1 Å². The van der Waals surface area contributed by atoms with Gasteiger partial charge in [0.25, 0.3) is 5.56 Å². The maximum Gasteiger partial charge on any atom is 0.267 e. The molecule has 35 heavy (non-hydrogen) atoms. The Kier molecular flexibility index (Phi) is 8.50. The first kappa shape index (κ1) is 24.9. The summed E-state index contributed by atoms with van der Waals surface area (Å²) in [6.45, 7) is 4.69. The molecular weight excluding hydrogens is 452 g/mol. The fraction of sp³-hybridized carbons (Fsp3) is 0.370. The first-order valence-electron chi connectivity index (χ1n) is 11.9. The number of aromatic nitrogens is 2. The van der Waals surface area contributed by atoms with Gasteiger partial charge in [-0.3, -0.25) is 14.5 Å². The summed E-state index contributed by atoms with van der Waals surface area (Å²) in [5.41, 5.74) is 2.17. The fourth-order valence-corrected chi connectivity index (χ4v) is 4.18. The molecule has 0 spiro atoms. The van der Waals surface area contributed by atoms with Crippen molar-refractivity contribution in [3.8, 4) is 11.3 Å². The minimum absolute atomic E-state index is 0.194. The molecule has 1 fully saturated rings. The topological polar surface area (TPSA) is 64.4 Å². The van der Waals surface area contributed by atoms with Crippen LogP contribution in [0.15, 0.2) is 59.4 Å². The third kappa shape index (κ3) is 7.13. The summed E-state index contributed by atoms with van der Waals surface area (Å²) in [4.78, 5) is 27.2. The Labute approximate surface area is 203 Å². The van der Waals surface area contributed by atoms with Crippen molar-refractivity contribution in [3.63, 3.8) is 0 Å². The van der Waals surface area contributed by atoms with E-state index in [-0.39, 0.29) is 17.9 Å². The number of Topliss-reactive ketones (excluding diaryl/α,β-unsaturated/α-hetero) is 1. The molecule has 2 heterocycles. The lowest BCUT2D eigenvalue weighted by atomic mass is 10.0. The maximum atomic E-state index is 13.6. The van der Waals surface area contributed by atoms with Gasteiger partial charge in [0.15, 0.2) is 11.6 Å². The number of nitrogens with zero attached hydrogens (tertiary/aromatic N) is 3. The van der Waals surface area contributed by atoms with Crippen LogP contribution < -0.4 is 5.56 Å². The molecule has 0 radical (unpaired) electrons. The zero-order valence-corrected chi connectivity index (χ0v) is 19.6. The Morgan fingerprint density at radius 1 is 0.943 bits per heavy atom. The van der Waals surface area contributed by atoms with Gasteiger partial charge in [-0.25, -0.2) is 13.5 Å². The Bertz CT molecular complexity index is 1220. The molecule has 1 saturated heterocycles. The van der Waals surface area contributed by atoms with Crippen LogP contribution >= 0.6 is 0 Å². The van der Waals surface area contributed by atoms with Crippen molar-refractivity contribution in [2.45, 2.75) is 32.2 Å². The van der Waals surface area contributed by atoms with Gasteiger partial charge in [-0.2, -0.15) is 5.10 Å². The summed E-state index contributed by atoms with van der Waals surface area (Å²) in [6, 6.07) is 13.9. The van der Waals surface area contributed by atoms with E-state index in [0.717, 1.165) is 68.9 Å². The summed E-state index contributed by atoms with van der Waals surface area (Å²) in [5.74, 6) is -1.72. The number of rotatable bonds is 10. The fourth-order valence-electron chi connectivity index (χ4n) is 4.18. The molecule has 1 aliphatic rings. The third-order valence-electron chi connectivity index (χ3n) is 6.09. The summed E-state index contributed by atoms with van der Waals surface area (Å²) < 4.78 is 33.5. The molecule has 184 valence electrons. The first-order chi connectivity index (χ1) is 17.0. The quantitative estimate of drug-likeness (QED) is 0.412. The lowest BCUT2D eigenvalue weighted by Crippen LogP contribution is -2.36. The predicted molar refractivity (Wildman–Crippen MR) is 129 cm³/mol. The van der Waals surface area contributed by atoms with Crippen molar-refractivity contribution in [2.75, 3.05) is 32.8 Å². The highest BCUT2D eigenvalue weighted by Crippen LogP contribution is 2.19. The second kappa shape index (κ2) is 12.0. The molecule has 0 aliphatic carbocycles. The lowest BCUT2D eigenvalue weighted by molar-refractivity contribution is -0.118. The Morgan fingerprint density at radius 2 is 1.74 bits per heavy atom. The molecule has 4 rings (SSSR count). The van der Waals surface area contributed by atoms with Gasteiger partial charge in [0.1, 0.15) is 5.78 Å². The Hall–Kier alpha value is -3.23. The Balaban J connectivity index is 1.34.